The second kappa shape index (κ2) is 7.04. The first-order valence-electron chi connectivity index (χ1n) is 5.87. The molecule has 0 atom stereocenters. The fraction of sp³-hybridized carbons (Fsp3) is 0.385. The number of nitrogens with zero attached hydrogens (tertiary/aromatic N) is 1. The lowest BCUT2D eigenvalue weighted by Gasteiger charge is -2.25. The van der Waals surface area contributed by atoms with E-state index in [9.17, 15) is 9.59 Å². The Kier molecular flexibility index (Phi) is 5.69. The molecular weight excluding hydrogens is 264 g/mol. The van der Waals surface area contributed by atoms with Gasteiger partial charge in [0.25, 0.3) is 0 Å². The first kappa shape index (κ1) is 15.4. The van der Waals surface area contributed by atoms with E-state index in [-0.39, 0.29) is 12.6 Å². The topological polar surface area (TPSA) is 69.6 Å². The quantitative estimate of drug-likeness (QED) is 0.815. The number of carboxylic acids is 1. The van der Waals surface area contributed by atoms with Crippen molar-refractivity contribution >= 4 is 29.4 Å². The van der Waals surface area contributed by atoms with Gasteiger partial charge in [0, 0.05) is 16.6 Å². The molecule has 5 nitrogen and oxygen atoms in total. The molecule has 1 aromatic rings. The van der Waals surface area contributed by atoms with Gasteiger partial charge in [-0.1, -0.05) is 6.07 Å². The highest BCUT2D eigenvalue weighted by molar-refractivity contribution is 7.98. The minimum atomic E-state index is -1.03. The Morgan fingerprint density at radius 1 is 1.42 bits per heavy atom. The lowest BCUT2D eigenvalue weighted by molar-refractivity contribution is -0.137. The second-order valence-corrected chi connectivity index (χ2v) is 5.16. The molecule has 1 aromatic carbocycles. The van der Waals surface area contributed by atoms with Crippen LogP contribution >= 0.6 is 11.8 Å². The summed E-state index contributed by atoms with van der Waals surface area (Å²) in [5.41, 5.74) is 0.660. The fourth-order valence-corrected chi connectivity index (χ4v) is 1.99. The molecular formula is C13H18N2O3S. The van der Waals surface area contributed by atoms with E-state index in [4.69, 9.17) is 5.11 Å². The summed E-state index contributed by atoms with van der Waals surface area (Å²) in [5.74, 6) is -1.03. The van der Waals surface area contributed by atoms with Gasteiger partial charge in [0.15, 0.2) is 0 Å². The number of nitrogens with one attached hydrogen (secondary N) is 1. The van der Waals surface area contributed by atoms with Gasteiger partial charge in [-0.15, -0.1) is 11.8 Å². The number of anilines is 1. The number of carboxylic acid groups (broad SMARTS) is 1. The number of carbonyl (C=O) groups excluding carboxylic acids is 1. The van der Waals surface area contributed by atoms with Crippen LogP contribution in [-0.2, 0) is 4.79 Å². The van der Waals surface area contributed by atoms with Crippen molar-refractivity contribution in [2.75, 3.05) is 18.1 Å². The average molecular weight is 282 g/mol. The summed E-state index contributed by atoms with van der Waals surface area (Å²) in [7, 11) is 0. The number of rotatable bonds is 5. The summed E-state index contributed by atoms with van der Waals surface area (Å²) in [6.07, 6.45) is 1.95. The molecule has 0 aliphatic rings. The van der Waals surface area contributed by atoms with Crippen molar-refractivity contribution in [2.45, 2.75) is 24.8 Å². The second-order valence-electron chi connectivity index (χ2n) is 4.28. The number of hydrogen-bond acceptors (Lipinski definition) is 3. The fourth-order valence-electron chi connectivity index (χ4n) is 1.53. The number of amides is 2. The van der Waals surface area contributed by atoms with E-state index in [2.05, 4.69) is 5.32 Å². The summed E-state index contributed by atoms with van der Waals surface area (Å²) in [6, 6.07) is 6.82. The third-order valence-electron chi connectivity index (χ3n) is 2.51. The standard InChI is InChI=1S/C13H18N2O3S/c1-9(2)15(8-12(16)17)13(18)14-10-5-4-6-11(7-10)19-3/h4-7,9H,8H2,1-3H3,(H,14,18)(H,16,17). The van der Waals surface area contributed by atoms with Gasteiger partial charge in [-0.2, -0.15) is 0 Å². The minimum Gasteiger partial charge on any atom is -0.480 e. The Bertz CT molecular complexity index is 463. The van der Waals surface area contributed by atoms with E-state index in [1.807, 2.05) is 24.5 Å². The molecule has 0 saturated carbocycles. The Morgan fingerprint density at radius 2 is 2.11 bits per heavy atom. The highest BCUT2D eigenvalue weighted by atomic mass is 32.2. The molecule has 0 bridgehead atoms. The van der Waals surface area contributed by atoms with Crippen LogP contribution in [0.15, 0.2) is 29.2 Å². The molecule has 2 amide bonds. The van der Waals surface area contributed by atoms with Gasteiger partial charge < -0.3 is 15.3 Å². The smallest absolute Gasteiger partial charge is 0.323 e. The highest BCUT2D eigenvalue weighted by Crippen LogP contribution is 2.19. The molecule has 0 aromatic heterocycles. The molecule has 0 aliphatic carbocycles. The minimum absolute atomic E-state index is 0.181. The predicted molar refractivity (Wildman–Crippen MR) is 76.7 cm³/mol. The SMILES string of the molecule is CSc1cccc(NC(=O)N(CC(=O)O)C(C)C)c1. The van der Waals surface area contributed by atoms with Crippen LogP contribution in [0.25, 0.3) is 0 Å². The lowest BCUT2D eigenvalue weighted by Crippen LogP contribution is -2.43. The van der Waals surface area contributed by atoms with Crippen LogP contribution in [0.1, 0.15) is 13.8 Å². The van der Waals surface area contributed by atoms with Crippen molar-refractivity contribution in [3.8, 4) is 0 Å². The summed E-state index contributed by atoms with van der Waals surface area (Å²) in [4.78, 5) is 25.1. The van der Waals surface area contributed by atoms with Crippen molar-refractivity contribution in [1.29, 1.82) is 0 Å². The predicted octanol–water partition coefficient (Wildman–Crippen LogP) is 2.74. The molecule has 104 valence electrons. The molecule has 2 N–H and O–H groups in total. The number of hydrogen-bond donors (Lipinski definition) is 2. The van der Waals surface area contributed by atoms with Gasteiger partial charge in [0.1, 0.15) is 6.54 Å². The molecule has 0 radical (unpaired) electrons. The van der Waals surface area contributed by atoms with Gasteiger partial charge in [-0.25, -0.2) is 4.79 Å². The third kappa shape index (κ3) is 4.82. The average Bonchev–Trinajstić information content (AvgIpc) is 2.35. The maximum Gasteiger partial charge on any atom is 0.323 e. The zero-order valence-corrected chi connectivity index (χ0v) is 12.0. The van der Waals surface area contributed by atoms with Crippen LogP contribution < -0.4 is 5.32 Å². The summed E-state index contributed by atoms with van der Waals surface area (Å²) in [5, 5.41) is 11.5. The maximum atomic E-state index is 12.0. The molecule has 0 unspecified atom stereocenters. The third-order valence-corrected chi connectivity index (χ3v) is 3.24. The van der Waals surface area contributed by atoms with Crippen LogP contribution in [0.4, 0.5) is 10.5 Å². The normalized spacial score (nSPS) is 10.3. The van der Waals surface area contributed by atoms with Crippen molar-refractivity contribution in [3.05, 3.63) is 24.3 Å². The van der Waals surface area contributed by atoms with Gasteiger partial charge in [-0.05, 0) is 38.3 Å². The van der Waals surface area contributed by atoms with Crippen molar-refractivity contribution in [1.82, 2.24) is 4.90 Å². The molecule has 0 fully saturated rings. The van der Waals surface area contributed by atoms with Crippen molar-refractivity contribution < 1.29 is 14.7 Å². The Balaban J connectivity index is 2.77. The molecule has 1 rings (SSSR count). The van der Waals surface area contributed by atoms with Crippen LogP contribution in [0.2, 0.25) is 0 Å². The first-order chi connectivity index (χ1) is 8.93. The Labute approximate surface area is 117 Å². The van der Waals surface area contributed by atoms with Crippen LogP contribution in [0.5, 0.6) is 0 Å². The van der Waals surface area contributed by atoms with E-state index in [0.29, 0.717) is 5.69 Å². The molecule has 0 spiro atoms. The van der Waals surface area contributed by atoms with Gasteiger partial charge in [0.2, 0.25) is 0 Å². The molecule has 6 heteroatoms. The highest BCUT2D eigenvalue weighted by Gasteiger charge is 2.19. The Hall–Kier alpha value is -1.69. The maximum absolute atomic E-state index is 12.0. The Morgan fingerprint density at radius 3 is 2.63 bits per heavy atom. The lowest BCUT2D eigenvalue weighted by atomic mass is 10.3. The van der Waals surface area contributed by atoms with Gasteiger partial charge in [0.05, 0.1) is 0 Å². The van der Waals surface area contributed by atoms with E-state index in [1.165, 1.54) is 4.90 Å². The van der Waals surface area contributed by atoms with Crippen LogP contribution in [0.3, 0.4) is 0 Å². The summed E-state index contributed by atoms with van der Waals surface area (Å²) >= 11 is 1.58. The van der Waals surface area contributed by atoms with Crippen LogP contribution in [-0.4, -0.2) is 40.8 Å². The van der Waals surface area contributed by atoms with E-state index in [1.54, 1.807) is 31.7 Å². The van der Waals surface area contributed by atoms with E-state index < -0.39 is 12.0 Å². The zero-order chi connectivity index (χ0) is 14.4. The summed E-state index contributed by atoms with van der Waals surface area (Å²) in [6.45, 7) is 3.24. The molecule has 0 aliphatic heterocycles. The van der Waals surface area contributed by atoms with Gasteiger partial charge in [-0.3, -0.25) is 4.79 Å². The number of aliphatic carboxylic acids is 1. The number of urea groups is 1. The van der Waals surface area contributed by atoms with Crippen molar-refractivity contribution in [3.63, 3.8) is 0 Å². The van der Waals surface area contributed by atoms with Gasteiger partial charge >= 0.3 is 12.0 Å². The van der Waals surface area contributed by atoms with Crippen molar-refractivity contribution in [2.24, 2.45) is 0 Å². The first-order valence-corrected chi connectivity index (χ1v) is 7.10. The molecule has 0 saturated heterocycles. The van der Waals surface area contributed by atoms with Crippen LogP contribution in [0, 0.1) is 0 Å². The largest absolute Gasteiger partial charge is 0.480 e. The molecule has 0 heterocycles. The monoisotopic (exact) mass is 282 g/mol. The van der Waals surface area contributed by atoms with E-state index >= 15 is 0 Å². The number of carbonyl (C=O) groups is 2. The van der Waals surface area contributed by atoms with E-state index in [0.717, 1.165) is 4.90 Å². The number of benzene rings is 1. The zero-order valence-electron chi connectivity index (χ0n) is 11.2. The summed E-state index contributed by atoms with van der Waals surface area (Å²) < 4.78 is 0. The number of thioether (sulfide) groups is 1. The molecule has 19 heavy (non-hydrogen) atoms.